The van der Waals surface area contributed by atoms with E-state index in [2.05, 4.69) is 14.1 Å². The summed E-state index contributed by atoms with van der Waals surface area (Å²) in [5.41, 5.74) is 0. The van der Waals surface area contributed by atoms with Crippen LogP contribution in [0.2, 0.25) is 0 Å². The van der Waals surface area contributed by atoms with Gasteiger partial charge >= 0.3 is 0 Å². The number of rotatable bonds is 5. The predicted octanol–water partition coefficient (Wildman–Crippen LogP) is 1.89. The molecule has 0 spiro atoms. The third kappa shape index (κ3) is 3.84. The number of hydrogen-bond donors (Lipinski definition) is 0. The molecule has 0 aliphatic carbocycles. The molecule has 3 fully saturated rings. The van der Waals surface area contributed by atoms with Crippen LogP contribution >= 0.6 is 0 Å². The highest BCUT2D eigenvalue weighted by molar-refractivity contribution is 4.78. The minimum Gasteiger partial charge on any atom is -0.375 e. The maximum atomic E-state index is 6.17. The van der Waals surface area contributed by atoms with Crippen LogP contribution < -0.4 is 0 Å². The van der Waals surface area contributed by atoms with Gasteiger partial charge in [0.1, 0.15) is 19.6 Å². The molecule has 0 saturated carbocycles. The van der Waals surface area contributed by atoms with Crippen LogP contribution in [0.3, 0.4) is 0 Å². The fourth-order valence-electron chi connectivity index (χ4n) is 4.95. The van der Waals surface area contributed by atoms with E-state index >= 15 is 0 Å². The first-order valence-electron chi connectivity index (χ1n) is 9.45. The molecule has 0 bridgehead atoms. The summed E-state index contributed by atoms with van der Waals surface area (Å²) in [6.45, 7) is 9.97. The van der Waals surface area contributed by atoms with E-state index in [1.165, 1.54) is 49.7 Å². The molecule has 3 aliphatic rings. The largest absolute Gasteiger partial charge is 0.375 e. The zero-order valence-corrected chi connectivity index (χ0v) is 14.8. The maximum Gasteiger partial charge on any atom is 0.102 e. The van der Waals surface area contributed by atoms with Gasteiger partial charge in [0.25, 0.3) is 0 Å². The van der Waals surface area contributed by atoms with Gasteiger partial charge in [-0.25, -0.2) is 0 Å². The molecule has 3 rings (SSSR count). The number of nitrogens with zero attached hydrogens (tertiary/aromatic N) is 2. The van der Waals surface area contributed by atoms with Gasteiger partial charge in [0.2, 0.25) is 0 Å². The zero-order chi connectivity index (χ0) is 15.5. The van der Waals surface area contributed by atoms with Gasteiger partial charge in [-0.3, -0.25) is 0 Å². The monoisotopic (exact) mass is 312 g/mol. The Labute approximate surface area is 136 Å². The maximum absolute atomic E-state index is 6.17. The van der Waals surface area contributed by atoms with E-state index in [0.29, 0.717) is 0 Å². The van der Waals surface area contributed by atoms with Crippen LogP contribution in [-0.4, -0.2) is 88.3 Å². The van der Waals surface area contributed by atoms with Gasteiger partial charge < -0.3 is 18.4 Å². The summed E-state index contributed by atoms with van der Waals surface area (Å²) in [5.74, 6) is 0.800. The highest BCUT2D eigenvalue weighted by atomic mass is 16.5. The van der Waals surface area contributed by atoms with E-state index in [1.54, 1.807) is 0 Å². The van der Waals surface area contributed by atoms with Crippen molar-refractivity contribution < 1.29 is 18.4 Å². The lowest BCUT2D eigenvalue weighted by atomic mass is 9.82. The molecule has 4 heteroatoms. The summed E-state index contributed by atoms with van der Waals surface area (Å²) in [6.07, 6.45) is 7.07. The first-order chi connectivity index (χ1) is 10.6. The molecule has 3 heterocycles. The second-order valence-corrected chi connectivity index (χ2v) is 8.37. The van der Waals surface area contributed by atoms with Crippen molar-refractivity contribution in [2.45, 2.75) is 38.1 Å². The number of fused-ring (bicyclic) bond motifs is 1. The minimum absolute atomic E-state index is 0.800. The van der Waals surface area contributed by atoms with Crippen molar-refractivity contribution in [3.8, 4) is 0 Å². The molecule has 0 aromatic rings. The molecule has 128 valence electrons. The molecule has 1 unspecified atom stereocenters. The Morgan fingerprint density at radius 1 is 0.955 bits per heavy atom. The molecule has 4 nitrogen and oxygen atoms in total. The average Bonchev–Trinajstić information content (AvgIpc) is 2.51. The van der Waals surface area contributed by atoms with Gasteiger partial charge in [-0.15, -0.1) is 0 Å². The van der Waals surface area contributed by atoms with Crippen molar-refractivity contribution in [1.29, 1.82) is 0 Å². The Morgan fingerprint density at radius 3 is 2.55 bits per heavy atom. The van der Waals surface area contributed by atoms with E-state index < -0.39 is 0 Å². The van der Waals surface area contributed by atoms with Crippen molar-refractivity contribution in [2.75, 3.05) is 73.2 Å². The van der Waals surface area contributed by atoms with Crippen LogP contribution in [0.4, 0.5) is 0 Å². The Morgan fingerprint density at radius 2 is 1.73 bits per heavy atom. The molecule has 22 heavy (non-hydrogen) atoms. The van der Waals surface area contributed by atoms with Crippen molar-refractivity contribution in [2.24, 2.45) is 5.92 Å². The van der Waals surface area contributed by atoms with Crippen molar-refractivity contribution in [3.63, 3.8) is 0 Å². The number of likely N-dealkylation sites (N-methyl/N-ethyl adjacent to an activating group) is 1. The molecular formula is C18H36N2O2+2. The van der Waals surface area contributed by atoms with Gasteiger partial charge in [-0.2, -0.15) is 0 Å². The molecule has 0 aromatic heterocycles. The second-order valence-electron chi connectivity index (χ2n) is 8.37. The minimum atomic E-state index is 0.800. The Hall–Kier alpha value is -0.160. The Kier molecular flexibility index (Phi) is 5.43. The van der Waals surface area contributed by atoms with Gasteiger partial charge in [-0.1, -0.05) is 0 Å². The highest BCUT2D eigenvalue weighted by Gasteiger charge is 2.43. The highest BCUT2D eigenvalue weighted by Crippen LogP contribution is 2.36. The molecule has 3 saturated heterocycles. The summed E-state index contributed by atoms with van der Waals surface area (Å²) in [6, 6.07) is 0.871. The van der Waals surface area contributed by atoms with Crippen LogP contribution in [-0.2, 0) is 9.47 Å². The molecular weight excluding hydrogens is 276 g/mol. The van der Waals surface area contributed by atoms with Crippen LogP contribution in [0.5, 0.6) is 0 Å². The standard InChI is InChI=1S/C18H36N2O2/c1-19(10-13-21-14-11-19)12-15-22-16-17-6-5-9-20(2)8-4-3-7-18(17)20/h17-18H,3-16H2,1-2H3/q+2/t17-,18-,20?/m1/s1. The number of quaternary nitrogens is 2. The summed E-state index contributed by atoms with van der Waals surface area (Å²) in [5, 5.41) is 0. The third-order valence-corrected chi connectivity index (χ3v) is 6.67. The number of morpholine rings is 1. The topological polar surface area (TPSA) is 18.5 Å². The fraction of sp³-hybridized carbons (Fsp3) is 1.00. The summed E-state index contributed by atoms with van der Waals surface area (Å²) in [7, 11) is 4.84. The lowest BCUT2D eigenvalue weighted by molar-refractivity contribution is -0.947. The summed E-state index contributed by atoms with van der Waals surface area (Å²) in [4.78, 5) is 0. The zero-order valence-electron chi connectivity index (χ0n) is 14.8. The first kappa shape index (κ1) is 16.7. The SMILES string of the molecule is C[N+]1(CCOC[C@H]2CCC[N+]3(C)CCCC[C@H]23)CCOCC1. The Balaban J connectivity index is 1.43. The molecule has 0 amide bonds. The smallest absolute Gasteiger partial charge is 0.102 e. The van der Waals surface area contributed by atoms with Crippen LogP contribution in [0.25, 0.3) is 0 Å². The number of piperidine rings is 2. The fourth-order valence-corrected chi connectivity index (χ4v) is 4.95. The van der Waals surface area contributed by atoms with Crippen LogP contribution in [0, 0.1) is 5.92 Å². The van der Waals surface area contributed by atoms with Crippen LogP contribution in [0.1, 0.15) is 32.1 Å². The quantitative estimate of drug-likeness (QED) is 0.570. The van der Waals surface area contributed by atoms with E-state index in [0.717, 1.165) is 62.5 Å². The van der Waals surface area contributed by atoms with Crippen molar-refractivity contribution >= 4 is 0 Å². The van der Waals surface area contributed by atoms with Crippen molar-refractivity contribution in [3.05, 3.63) is 0 Å². The molecule has 0 aromatic carbocycles. The van der Waals surface area contributed by atoms with E-state index in [9.17, 15) is 0 Å². The summed E-state index contributed by atoms with van der Waals surface area (Å²) >= 11 is 0. The normalized spacial score (nSPS) is 38.5. The number of ether oxygens (including phenoxy) is 2. The molecule has 3 atom stereocenters. The average molecular weight is 312 g/mol. The van der Waals surface area contributed by atoms with Gasteiger partial charge in [0, 0.05) is 12.3 Å². The molecule has 3 aliphatic heterocycles. The first-order valence-corrected chi connectivity index (χ1v) is 9.45. The summed E-state index contributed by atoms with van der Waals surface area (Å²) < 4.78 is 14.1. The van der Waals surface area contributed by atoms with Crippen molar-refractivity contribution in [1.82, 2.24) is 0 Å². The van der Waals surface area contributed by atoms with E-state index in [4.69, 9.17) is 9.47 Å². The lowest BCUT2D eigenvalue weighted by Gasteiger charge is -2.51. The van der Waals surface area contributed by atoms with E-state index in [1.807, 2.05) is 0 Å². The second kappa shape index (κ2) is 7.16. The molecule has 0 N–H and O–H groups in total. The van der Waals surface area contributed by atoms with Gasteiger partial charge in [0.15, 0.2) is 0 Å². The number of hydrogen-bond acceptors (Lipinski definition) is 2. The van der Waals surface area contributed by atoms with E-state index in [-0.39, 0.29) is 0 Å². The third-order valence-electron chi connectivity index (χ3n) is 6.67. The predicted molar refractivity (Wildman–Crippen MR) is 88.7 cm³/mol. The Bertz CT molecular complexity index is 353. The molecule has 0 radical (unpaired) electrons. The van der Waals surface area contributed by atoms with Gasteiger partial charge in [0.05, 0.1) is 59.7 Å². The van der Waals surface area contributed by atoms with Gasteiger partial charge in [-0.05, 0) is 25.7 Å². The lowest BCUT2D eigenvalue weighted by Crippen LogP contribution is -2.61. The van der Waals surface area contributed by atoms with Crippen LogP contribution in [0.15, 0.2) is 0 Å².